The molecule has 1 heterocycles. The van der Waals surface area contributed by atoms with Gasteiger partial charge in [0.1, 0.15) is 5.75 Å². The van der Waals surface area contributed by atoms with Gasteiger partial charge in [-0.05, 0) is 48.5 Å². The van der Waals surface area contributed by atoms with Crippen LogP contribution in [0.3, 0.4) is 0 Å². The summed E-state index contributed by atoms with van der Waals surface area (Å²) < 4.78 is 42.9. The number of methoxy groups -OCH3 is 1. The molecule has 0 atom stereocenters. The highest BCUT2D eigenvalue weighted by molar-refractivity contribution is 5.62. The molecule has 0 spiro atoms. The number of hydrogen-bond donors (Lipinski definition) is 2. The molecular weight excluding hydrogens is 347 g/mol. The van der Waals surface area contributed by atoms with Crippen molar-refractivity contribution in [3.63, 3.8) is 0 Å². The molecule has 0 saturated heterocycles. The Balaban J connectivity index is 1.86. The third kappa shape index (κ3) is 4.02. The van der Waals surface area contributed by atoms with E-state index in [1.807, 2.05) is 0 Å². The van der Waals surface area contributed by atoms with Crippen molar-refractivity contribution in [2.45, 2.75) is 6.18 Å². The van der Waals surface area contributed by atoms with E-state index < -0.39 is 11.7 Å². The molecule has 0 saturated carbocycles. The fourth-order valence-corrected chi connectivity index (χ4v) is 2.31. The van der Waals surface area contributed by atoms with Crippen LogP contribution < -0.4 is 15.6 Å². The van der Waals surface area contributed by atoms with Crippen molar-refractivity contribution in [3.8, 4) is 17.0 Å². The van der Waals surface area contributed by atoms with Crippen LogP contribution in [0.4, 0.5) is 24.8 Å². The highest BCUT2D eigenvalue weighted by Gasteiger charge is 2.29. The highest BCUT2D eigenvalue weighted by atomic mass is 19.4. The number of rotatable bonds is 4. The molecule has 0 radical (unpaired) electrons. The molecule has 2 N–H and O–H groups in total. The molecule has 1 aromatic heterocycles. The lowest BCUT2D eigenvalue weighted by Gasteiger charge is -2.10. The summed E-state index contributed by atoms with van der Waals surface area (Å²) in [5.41, 5.74) is 0.350. The second kappa shape index (κ2) is 6.91. The van der Waals surface area contributed by atoms with Crippen molar-refractivity contribution >= 4 is 11.6 Å². The van der Waals surface area contributed by atoms with Gasteiger partial charge in [-0.25, -0.2) is 4.98 Å². The number of aromatic nitrogens is 2. The maximum absolute atomic E-state index is 12.6. The summed E-state index contributed by atoms with van der Waals surface area (Å²) in [5, 5.41) is 2.80. The normalized spacial score (nSPS) is 11.2. The zero-order valence-corrected chi connectivity index (χ0v) is 13.6. The van der Waals surface area contributed by atoms with E-state index in [1.165, 1.54) is 18.2 Å². The smallest absolute Gasteiger partial charge is 0.416 e. The van der Waals surface area contributed by atoms with E-state index in [1.54, 1.807) is 31.4 Å². The fraction of sp³-hybridized carbons (Fsp3) is 0.111. The summed E-state index contributed by atoms with van der Waals surface area (Å²) in [7, 11) is 1.55. The first-order valence-corrected chi connectivity index (χ1v) is 7.55. The van der Waals surface area contributed by atoms with Crippen LogP contribution in [0.2, 0.25) is 0 Å². The van der Waals surface area contributed by atoms with E-state index in [0.29, 0.717) is 22.7 Å². The lowest BCUT2D eigenvalue weighted by atomic mass is 10.1. The number of aromatic amines is 1. The summed E-state index contributed by atoms with van der Waals surface area (Å²) in [5.74, 6) is 0.796. The number of nitrogens with zero attached hydrogens (tertiary/aromatic N) is 1. The molecule has 0 amide bonds. The predicted octanol–water partition coefficient (Wildman–Crippen LogP) is 4.21. The third-order valence-electron chi connectivity index (χ3n) is 3.60. The Morgan fingerprint density at radius 1 is 1.04 bits per heavy atom. The van der Waals surface area contributed by atoms with Gasteiger partial charge >= 0.3 is 6.18 Å². The largest absolute Gasteiger partial charge is 0.497 e. The Kier molecular flexibility index (Phi) is 4.66. The minimum Gasteiger partial charge on any atom is -0.497 e. The number of halogens is 3. The zero-order chi connectivity index (χ0) is 18.7. The van der Waals surface area contributed by atoms with Crippen molar-refractivity contribution in [1.82, 2.24) is 9.97 Å². The lowest BCUT2D eigenvalue weighted by molar-refractivity contribution is -0.137. The van der Waals surface area contributed by atoms with E-state index >= 15 is 0 Å². The van der Waals surface area contributed by atoms with Gasteiger partial charge in [0, 0.05) is 17.3 Å². The van der Waals surface area contributed by atoms with Crippen molar-refractivity contribution < 1.29 is 17.9 Å². The first kappa shape index (κ1) is 17.5. The molecular formula is C18H14F3N3O2. The van der Waals surface area contributed by atoms with E-state index in [-0.39, 0.29) is 11.5 Å². The first-order chi connectivity index (χ1) is 12.3. The Morgan fingerprint density at radius 2 is 1.69 bits per heavy atom. The first-order valence-electron chi connectivity index (χ1n) is 7.55. The third-order valence-corrected chi connectivity index (χ3v) is 3.60. The second-order valence-electron chi connectivity index (χ2n) is 5.41. The molecule has 5 nitrogen and oxygen atoms in total. The number of hydrogen-bond acceptors (Lipinski definition) is 4. The Bertz CT molecular complexity index is 949. The SMILES string of the molecule is COc1ccc(-c2cc(=O)[nH]c(Nc3ccc(C(F)(F)F)cc3)n2)cc1. The summed E-state index contributed by atoms with van der Waals surface area (Å²) in [4.78, 5) is 18.7. The standard InChI is InChI=1S/C18H14F3N3O2/c1-26-14-8-2-11(3-9-14)15-10-16(25)24-17(23-15)22-13-6-4-12(5-7-13)18(19,20)21/h2-10H,1H3,(H2,22,23,24,25). The molecule has 26 heavy (non-hydrogen) atoms. The quantitative estimate of drug-likeness (QED) is 0.731. The topological polar surface area (TPSA) is 67.0 Å². The van der Waals surface area contributed by atoms with Crippen LogP contribution in [0.15, 0.2) is 59.4 Å². The van der Waals surface area contributed by atoms with Crippen LogP contribution in [0.25, 0.3) is 11.3 Å². The molecule has 8 heteroatoms. The number of nitrogens with one attached hydrogen (secondary N) is 2. The van der Waals surface area contributed by atoms with Gasteiger partial charge in [0.05, 0.1) is 18.4 Å². The zero-order valence-electron chi connectivity index (χ0n) is 13.6. The Morgan fingerprint density at radius 3 is 2.27 bits per heavy atom. The average Bonchev–Trinajstić information content (AvgIpc) is 2.61. The maximum Gasteiger partial charge on any atom is 0.416 e. The summed E-state index contributed by atoms with van der Waals surface area (Å²) in [6, 6.07) is 12.8. The van der Waals surface area contributed by atoms with E-state index in [0.717, 1.165) is 12.1 Å². The molecule has 0 fully saturated rings. The fourth-order valence-electron chi connectivity index (χ4n) is 2.31. The minimum atomic E-state index is -4.40. The number of ether oxygens (including phenoxy) is 1. The van der Waals surface area contributed by atoms with Crippen LogP contribution in [0.1, 0.15) is 5.56 Å². The van der Waals surface area contributed by atoms with Gasteiger partial charge in [0.25, 0.3) is 5.56 Å². The highest BCUT2D eigenvalue weighted by Crippen LogP contribution is 2.30. The molecule has 0 aliphatic rings. The average molecular weight is 361 g/mol. The van der Waals surface area contributed by atoms with Gasteiger partial charge in [-0.3, -0.25) is 9.78 Å². The van der Waals surface area contributed by atoms with Gasteiger partial charge in [-0.2, -0.15) is 13.2 Å². The predicted molar refractivity (Wildman–Crippen MR) is 91.6 cm³/mol. The van der Waals surface area contributed by atoms with Crippen molar-refractivity contribution in [2.75, 3.05) is 12.4 Å². The van der Waals surface area contributed by atoms with E-state index in [9.17, 15) is 18.0 Å². The molecule has 0 unspecified atom stereocenters. The molecule has 3 aromatic rings. The van der Waals surface area contributed by atoms with Gasteiger partial charge in [-0.1, -0.05) is 0 Å². The number of benzene rings is 2. The van der Waals surface area contributed by atoms with Gasteiger partial charge in [0.2, 0.25) is 5.95 Å². The van der Waals surface area contributed by atoms with Crippen LogP contribution in [-0.4, -0.2) is 17.1 Å². The van der Waals surface area contributed by atoms with Gasteiger partial charge < -0.3 is 10.1 Å². The molecule has 2 aromatic carbocycles. The van der Waals surface area contributed by atoms with Crippen LogP contribution >= 0.6 is 0 Å². The second-order valence-corrected chi connectivity index (χ2v) is 5.41. The van der Waals surface area contributed by atoms with Gasteiger partial charge in [0.15, 0.2) is 0 Å². The monoisotopic (exact) mass is 361 g/mol. The summed E-state index contributed by atoms with van der Waals surface area (Å²) in [6.45, 7) is 0. The Hall–Kier alpha value is -3.29. The van der Waals surface area contributed by atoms with Crippen LogP contribution in [0.5, 0.6) is 5.75 Å². The summed E-state index contributed by atoms with van der Waals surface area (Å²) >= 11 is 0. The molecule has 0 aliphatic carbocycles. The molecule has 0 bridgehead atoms. The number of anilines is 2. The number of H-pyrrole nitrogens is 1. The number of alkyl halides is 3. The molecule has 134 valence electrons. The molecule has 3 rings (SSSR count). The lowest BCUT2D eigenvalue weighted by Crippen LogP contribution is -2.10. The minimum absolute atomic E-state index is 0.128. The summed E-state index contributed by atoms with van der Waals surface area (Å²) in [6.07, 6.45) is -4.40. The maximum atomic E-state index is 12.6. The van der Waals surface area contributed by atoms with Crippen molar-refractivity contribution in [3.05, 3.63) is 70.5 Å². The van der Waals surface area contributed by atoms with Gasteiger partial charge in [-0.15, -0.1) is 0 Å². The van der Waals surface area contributed by atoms with E-state index in [4.69, 9.17) is 4.74 Å². The van der Waals surface area contributed by atoms with Crippen LogP contribution in [-0.2, 0) is 6.18 Å². The van der Waals surface area contributed by atoms with E-state index in [2.05, 4.69) is 15.3 Å². The van der Waals surface area contributed by atoms with Crippen molar-refractivity contribution in [2.24, 2.45) is 0 Å². The van der Waals surface area contributed by atoms with Crippen molar-refractivity contribution in [1.29, 1.82) is 0 Å². The Labute approximate surface area is 146 Å². The molecule has 0 aliphatic heterocycles. The van der Waals surface area contributed by atoms with Crippen LogP contribution in [0, 0.1) is 0 Å².